The van der Waals surface area contributed by atoms with Crippen molar-refractivity contribution in [1.29, 1.82) is 0 Å². The van der Waals surface area contributed by atoms with Crippen molar-refractivity contribution in [3.63, 3.8) is 0 Å². The average Bonchev–Trinajstić information content (AvgIpc) is 1.94. The molecule has 13 heavy (non-hydrogen) atoms. The maximum atomic E-state index is 5.68. The molecule has 0 amide bonds. The van der Waals surface area contributed by atoms with Crippen LogP contribution in [-0.2, 0) is 6.42 Å². The molecule has 0 aromatic carbocycles. The summed E-state index contributed by atoms with van der Waals surface area (Å²) in [5, 5.41) is 0.280. The standard InChI is InChI=1S/C9H11BrClN2/c1-9(2,3)4-7-6(10)5-12-8(11)13-7/h5H,1,4H2,2-3H3. The van der Waals surface area contributed by atoms with Gasteiger partial charge in [-0.15, -0.1) is 0 Å². The third-order valence-corrected chi connectivity index (χ3v) is 2.28. The van der Waals surface area contributed by atoms with Crippen LogP contribution in [0.1, 0.15) is 19.5 Å². The van der Waals surface area contributed by atoms with Gasteiger partial charge in [-0.2, -0.15) is 0 Å². The smallest absolute Gasteiger partial charge is 0.222 e. The van der Waals surface area contributed by atoms with E-state index in [0.29, 0.717) is 0 Å². The Balaban J connectivity index is 2.94. The van der Waals surface area contributed by atoms with Gasteiger partial charge in [0.1, 0.15) is 0 Å². The van der Waals surface area contributed by atoms with Crippen LogP contribution in [0.25, 0.3) is 0 Å². The molecular formula is C9H11BrClN2. The molecule has 0 unspecified atom stereocenters. The number of rotatable bonds is 2. The first-order valence-corrected chi connectivity index (χ1v) is 5.08. The Kier molecular flexibility index (Phi) is 3.30. The molecule has 0 saturated heterocycles. The fraction of sp³-hybridized carbons (Fsp3) is 0.444. The van der Waals surface area contributed by atoms with Crippen LogP contribution in [0.4, 0.5) is 0 Å². The molecule has 0 aliphatic carbocycles. The molecule has 1 heterocycles. The number of halogens is 2. The number of nitrogens with zero attached hydrogens (tertiary/aromatic N) is 2. The van der Waals surface area contributed by atoms with E-state index in [4.69, 9.17) is 11.6 Å². The summed E-state index contributed by atoms with van der Waals surface area (Å²) in [6.07, 6.45) is 2.44. The maximum absolute atomic E-state index is 5.68. The Morgan fingerprint density at radius 1 is 1.62 bits per heavy atom. The highest BCUT2D eigenvalue weighted by Crippen LogP contribution is 2.24. The first-order valence-electron chi connectivity index (χ1n) is 3.91. The minimum atomic E-state index is -0.0415. The van der Waals surface area contributed by atoms with Gasteiger partial charge in [-0.3, -0.25) is 0 Å². The first-order chi connectivity index (χ1) is 5.88. The molecule has 1 rings (SSSR count). The van der Waals surface area contributed by atoms with Crippen molar-refractivity contribution >= 4 is 27.5 Å². The van der Waals surface area contributed by atoms with Crippen molar-refractivity contribution in [2.24, 2.45) is 5.41 Å². The Morgan fingerprint density at radius 2 is 2.23 bits per heavy atom. The van der Waals surface area contributed by atoms with E-state index in [1.54, 1.807) is 6.20 Å². The van der Waals surface area contributed by atoms with Crippen LogP contribution in [0, 0.1) is 12.3 Å². The van der Waals surface area contributed by atoms with Gasteiger partial charge in [0.05, 0.1) is 10.2 Å². The van der Waals surface area contributed by atoms with E-state index >= 15 is 0 Å². The fourth-order valence-electron chi connectivity index (χ4n) is 0.955. The van der Waals surface area contributed by atoms with Gasteiger partial charge in [0.15, 0.2) is 0 Å². The van der Waals surface area contributed by atoms with Gasteiger partial charge in [0.25, 0.3) is 0 Å². The van der Waals surface area contributed by atoms with E-state index in [1.165, 1.54) is 0 Å². The van der Waals surface area contributed by atoms with Crippen molar-refractivity contribution in [2.75, 3.05) is 0 Å². The highest BCUT2D eigenvalue weighted by atomic mass is 79.9. The summed E-state index contributed by atoms with van der Waals surface area (Å²) in [4.78, 5) is 7.98. The lowest BCUT2D eigenvalue weighted by Gasteiger charge is -2.17. The highest BCUT2D eigenvalue weighted by molar-refractivity contribution is 9.10. The summed E-state index contributed by atoms with van der Waals surface area (Å²) in [7, 11) is 0. The molecule has 4 heteroatoms. The SMILES string of the molecule is [CH2]C(C)(C)Cc1nc(Cl)ncc1Br. The van der Waals surface area contributed by atoms with Gasteiger partial charge < -0.3 is 0 Å². The van der Waals surface area contributed by atoms with Crippen molar-refractivity contribution in [2.45, 2.75) is 20.3 Å². The van der Waals surface area contributed by atoms with Gasteiger partial charge >= 0.3 is 0 Å². The lowest BCUT2D eigenvalue weighted by molar-refractivity contribution is 0.465. The van der Waals surface area contributed by atoms with E-state index in [-0.39, 0.29) is 10.7 Å². The Morgan fingerprint density at radius 3 is 2.77 bits per heavy atom. The predicted octanol–water partition coefficient (Wildman–Crippen LogP) is 3.30. The zero-order chi connectivity index (χ0) is 10.1. The van der Waals surface area contributed by atoms with Crippen LogP contribution in [0.15, 0.2) is 10.7 Å². The van der Waals surface area contributed by atoms with Crippen LogP contribution < -0.4 is 0 Å². The quantitative estimate of drug-likeness (QED) is 0.764. The third kappa shape index (κ3) is 3.61. The Bertz CT molecular complexity index is 307. The van der Waals surface area contributed by atoms with E-state index in [0.717, 1.165) is 16.6 Å². The molecule has 0 N–H and O–H groups in total. The first kappa shape index (κ1) is 10.9. The normalized spacial score (nSPS) is 11.8. The predicted molar refractivity (Wildman–Crippen MR) is 57.6 cm³/mol. The summed E-state index contributed by atoms with van der Waals surface area (Å²) < 4.78 is 0.883. The minimum absolute atomic E-state index is 0.0415. The van der Waals surface area contributed by atoms with Crippen LogP contribution in [0.3, 0.4) is 0 Å². The monoisotopic (exact) mass is 261 g/mol. The average molecular weight is 263 g/mol. The molecule has 0 saturated carbocycles. The van der Waals surface area contributed by atoms with Crippen LogP contribution >= 0.6 is 27.5 Å². The summed E-state index contributed by atoms with van der Waals surface area (Å²) in [6.45, 7) is 8.11. The van der Waals surface area contributed by atoms with Crippen molar-refractivity contribution in [3.05, 3.63) is 28.6 Å². The lowest BCUT2D eigenvalue weighted by atomic mass is 9.90. The number of hydrogen-bond acceptors (Lipinski definition) is 2. The second-order valence-corrected chi connectivity index (χ2v) is 4.97. The molecule has 0 atom stereocenters. The molecule has 0 fully saturated rings. The molecule has 1 radical (unpaired) electrons. The topological polar surface area (TPSA) is 25.8 Å². The van der Waals surface area contributed by atoms with E-state index in [1.807, 2.05) is 0 Å². The molecule has 1 aromatic heterocycles. The Labute approximate surface area is 91.9 Å². The zero-order valence-corrected chi connectivity index (χ0v) is 9.98. The zero-order valence-electron chi connectivity index (χ0n) is 7.64. The van der Waals surface area contributed by atoms with Gasteiger partial charge in [-0.25, -0.2) is 9.97 Å². The van der Waals surface area contributed by atoms with Crippen LogP contribution in [0.2, 0.25) is 5.28 Å². The fourth-order valence-corrected chi connectivity index (χ4v) is 1.44. The summed E-state index contributed by atoms with van der Waals surface area (Å²) in [6, 6.07) is 0. The molecule has 2 nitrogen and oxygen atoms in total. The van der Waals surface area contributed by atoms with Crippen molar-refractivity contribution in [1.82, 2.24) is 9.97 Å². The second kappa shape index (κ2) is 3.93. The van der Waals surface area contributed by atoms with Gasteiger partial charge in [0.2, 0.25) is 5.28 Å². The molecule has 0 aliphatic rings. The Hall–Kier alpha value is -0.150. The highest BCUT2D eigenvalue weighted by Gasteiger charge is 2.15. The number of hydrogen-bond donors (Lipinski definition) is 0. The summed E-state index contributed by atoms with van der Waals surface area (Å²) in [5.41, 5.74) is 0.861. The van der Waals surface area contributed by atoms with Gasteiger partial charge in [-0.1, -0.05) is 13.8 Å². The molecular weight excluding hydrogens is 251 g/mol. The second-order valence-electron chi connectivity index (χ2n) is 3.77. The molecule has 1 aromatic rings. The molecule has 0 spiro atoms. The number of aromatic nitrogens is 2. The molecule has 0 bridgehead atoms. The van der Waals surface area contributed by atoms with Gasteiger partial charge in [0, 0.05) is 6.20 Å². The lowest BCUT2D eigenvalue weighted by Crippen LogP contribution is -2.11. The van der Waals surface area contributed by atoms with Crippen LogP contribution in [0.5, 0.6) is 0 Å². The summed E-state index contributed by atoms with van der Waals surface area (Å²) in [5.74, 6) is 0. The maximum Gasteiger partial charge on any atom is 0.222 e. The molecule has 0 aliphatic heterocycles. The van der Waals surface area contributed by atoms with Crippen LogP contribution in [-0.4, -0.2) is 9.97 Å². The van der Waals surface area contributed by atoms with Gasteiger partial charge in [-0.05, 0) is 46.3 Å². The van der Waals surface area contributed by atoms with E-state index in [2.05, 4.69) is 46.7 Å². The minimum Gasteiger partial charge on any atom is -0.225 e. The third-order valence-electron chi connectivity index (χ3n) is 1.43. The van der Waals surface area contributed by atoms with Crippen molar-refractivity contribution < 1.29 is 0 Å². The van der Waals surface area contributed by atoms with E-state index in [9.17, 15) is 0 Å². The molecule has 71 valence electrons. The van der Waals surface area contributed by atoms with E-state index < -0.39 is 0 Å². The van der Waals surface area contributed by atoms with Crippen molar-refractivity contribution in [3.8, 4) is 0 Å². The summed E-state index contributed by atoms with van der Waals surface area (Å²) >= 11 is 9.05. The largest absolute Gasteiger partial charge is 0.225 e.